The molecule has 1 aliphatic heterocycles. The van der Waals surface area contributed by atoms with Gasteiger partial charge < -0.3 is 10.2 Å². The van der Waals surface area contributed by atoms with Gasteiger partial charge in [0.15, 0.2) is 0 Å². The molecule has 0 unspecified atom stereocenters. The van der Waals surface area contributed by atoms with E-state index in [1.54, 1.807) is 0 Å². The Morgan fingerprint density at radius 3 is 2.20 bits per heavy atom. The van der Waals surface area contributed by atoms with Crippen LogP contribution in [0.25, 0.3) is 0 Å². The summed E-state index contributed by atoms with van der Waals surface area (Å²) in [6, 6.07) is 0.621. The van der Waals surface area contributed by atoms with E-state index in [9.17, 15) is 0 Å². The van der Waals surface area contributed by atoms with Gasteiger partial charge in [0.2, 0.25) is 0 Å². The number of hydrogen-bond donors (Lipinski definition) is 1. The standard InChI is InChI=1S/C18H36N2/c1-16(2)19-14-18(10-8-17(3)9-11-18)15-20-12-6-4-5-7-13-20/h16-17,19H,4-15H2,1-3H3. The summed E-state index contributed by atoms with van der Waals surface area (Å²) in [6.45, 7) is 12.3. The van der Waals surface area contributed by atoms with Gasteiger partial charge in [0.25, 0.3) is 0 Å². The van der Waals surface area contributed by atoms with E-state index in [0.717, 1.165) is 5.92 Å². The maximum atomic E-state index is 3.75. The van der Waals surface area contributed by atoms with Gasteiger partial charge in [0.05, 0.1) is 0 Å². The van der Waals surface area contributed by atoms with Gasteiger partial charge in [-0.05, 0) is 50.1 Å². The van der Waals surface area contributed by atoms with Crippen LogP contribution in [0.1, 0.15) is 72.1 Å². The first-order chi connectivity index (χ1) is 9.60. The number of rotatable bonds is 5. The molecule has 2 heteroatoms. The Morgan fingerprint density at radius 1 is 1.05 bits per heavy atom. The number of likely N-dealkylation sites (tertiary alicyclic amines) is 1. The minimum absolute atomic E-state index is 0.557. The van der Waals surface area contributed by atoms with Crippen molar-refractivity contribution in [2.24, 2.45) is 11.3 Å². The molecule has 1 heterocycles. The molecule has 2 nitrogen and oxygen atoms in total. The zero-order valence-electron chi connectivity index (χ0n) is 14.1. The number of hydrogen-bond acceptors (Lipinski definition) is 2. The Morgan fingerprint density at radius 2 is 1.65 bits per heavy atom. The van der Waals surface area contributed by atoms with E-state index in [2.05, 4.69) is 31.0 Å². The molecule has 1 aliphatic carbocycles. The first-order valence-electron chi connectivity index (χ1n) is 9.05. The molecule has 0 bridgehead atoms. The lowest BCUT2D eigenvalue weighted by Crippen LogP contribution is -2.47. The highest BCUT2D eigenvalue weighted by Gasteiger charge is 2.35. The van der Waals surface area contributed by atoms with E-state index < -0.39 is 0 Å². The van der Waals surface area contributed by atoms with E-state index in [1.165, 1.54) is 77.5 Å². The summed E-state index contributed by atoms with van der Waals surface area (Å²) in [4.78, 5) is 2.78. The molecule has 2 rings (SSSR count). The second kappa shape index (κ2) is 7.79. The molecule has 2 aliphatic rings. The molecular formula is C18H36N2. The Balaban J connectivity index is 1.93. The topological polar surface area (TPSA) is 15.3 Å². The molecule has 0 aromatic heterocycles. The number of nitrogens with zero attached hydrogens (tertiary/aromatic N) is 1. The highest BCUT2D eigenvalue weighted by atomic mass is 15.1. The lowest BCUT2D eigenvalue weighted by molar-refractivity contribution is 0.0860. The van der Waals surface area contributed by atoms with Gasteiger partial charge >= 0.3 is 0 Å². The van der Waals surface area contributed by atoms with E-state index in [4.69, 9.17) is 0 Å². The summed E-state index contributed by atoms with van der Waals surface area (Å²) >= 11 is 0. The Labute approximate surface area is 126 Å². The molecule has 0 radical (unpaired) electrons. The smallest absolute Gasteiger partial charge is 0.00501 e. The van der Waals surface area contributed by atoms with Crippen molar-refractivity contribution in [1.82, 2.24) is 10.2 Å². The molecular weight excluding hydrogens is 244 g/mol. The third kappa shape index (κ3) is 5.04. The van der Waals surface area contributed by atoms with Crippen molar-refractivity contribution in [3.8, 4) is 0 Å². The van der Waals surface area contributed by atoms with Crippen LogP contribution in [0.4, 0.5) is 0 Å². The van der Waals surface area contributed by atoms with E-state index in [1.807, 2.05) is 0 Å². The normalized spacial score (nSPS) is 33.3. The van der Waals surface area contributed by atoms with Gasteiger partial charge in [0.1, 0.15) is 0 Å². The van der Waals surface area contributed by atoms with Crippen molar-refractivity contribution in [3.05, 3.63) is 0 Å². The molecule has 1 N–H and O–H groups in total. The second-order valence-electron chi connectivity index (χ2n) is 7.91. The van der Waals surface area contributed by atoms with Crippen molar-refractivity contribution in [1.29, 1.82) is 0 Å². The maximum Gasteiger partial charge on any atom is 0.00501 e. The van der Waals surface area contributed by atoms with Crippen LogP contribution in [-0.4, -0.2) is 37.1 Å². The van der Waals surface area contributed by atoms with Crippen molar-refractivity contribution < 1.29 is 0 Å². The highest BCUT2D eigenvalue weighted by molar-refractivity contribution is 4.90. The SMILES string of the molecule is CC1CCC(CNC(C)C)(CN2CCCCCC2)CC1. The van der Waals surface area contributed by atoms with Gasteiger partial charge in [-0.25, -0.2) is 0 Å². The fraction of sp³-hybridized carbons (Fsp3) is 1.00. The average Bonchev–Trinajstić information content (AvgIpc) is 2.68. The predicted molar refractivity (Wildman–Crippen MR) is 88.1 cm³/mol. The zero-order chi connectivity index (χ0) is 14.4. The van der Waals surface area contributed by atoms with E-state index >= 15 is 0 Å². The quantitative estimate of drug-likeness (QED) is 0.817. The largest absolute Gasteiger partial charge is 0.314 e. The van der Waals surface area contributed by atoms with Gasteiger partial charge in [-0.3, -0.25) is 0 Å². The van der Waals surface area contributed by atoms with Crippen LogP contribution in [-0.2, 0) is 0 Å². The monoisotopic (exact) mass is 280 g/mol. The van der Waals surface area contributed by atoms with Crippen LogP contribution in [0.3, 0.4) is 0 Å². The third-order valence-electron chi connectivity index (χ3n) is 5.48. The van der Waals surface area contributed by atoms with Crippen LogP contribution in [0.5, 0.6) is 0 Å². The van der Waals surface area contributed by atoms with Crippen LogP contribution in [0.15, 0.2) is 0 Å². The minimum atomic E-state index is 0.557. The molecule has 0 amide bonds. The molecule has 0 spiro atoms. The first kappa shape index (κ1) is 16.3. The Bertz CT molecular complexity index is 259. The molecule has 20 heavy (non-hydrogen) atoms. The zero-order valence-corrected chi connectivity index (χ0v) is 14.1. The molecule has 0 aromatic rings. The van der Waals surface area contributed by atoms with Crippen LogP contribution >= 0.6 is 0 Å². The fourth-order valence-corrected chi connectivity index (χ4v) is 3.95. The predicted octanol–water partition coefficient (Wildman–Crippen LogP) is 4.06. The summed E-state index contributed by atoms with van der Waals surface area (Å²) in [5.74, 6) is 0.950. The minimum Gasteiger partial charge on any atom is -0.314 e. The average molecular weight is 280 g/mol. The summed E-state index contributed by atoms with van der Waals surface area (Å²) in [5, 5.41) is 3.75. The van der Waals surface area contributed by atoms with E-state index in [-0.39, 0.29) is 0 Å². The molecule has 118 valence electrons. The van der Waals surface area contributed by atoms with Crippen LogP contribution in [0.2, 0.25) is 0 Å². The molecule has 1 saturated carbocycles. The lowest BCUT2D eigenvalue weighted by atomic mass is 9.70. The van der Waals surface area contributed by atoms with Gasteiger partial charge in [0, 0.05) is 19.1 Å². The van der Waals surface area contributed by atoms with Crippen molar-refractivity contribution in [2.45, 2.75) is 78.2 Å². The highest BCUT2D eigenvalue weighted by Crippen LogP contribution is 2.39. The summed E-state index contributed by atoms with van der Waals surface area (Å²) in [6.07, 6.45) is 11.5. The van der Waals surface area contributed by atoms with E-state index in [0.29, 0.717) is 11.5 Å². The van der Waals surface area contributed by atoms with Crippen molar-refractivity contribution >= 4 is 0 Å². The molecule has 2 fully saturated rings. The van der Waals surface area contributed by atoms with Crippen LogP contribution < -0.4 is 5.32 Å². The fourth-order valence-electron chi connectivity index (χ4n) is 3.95. The van der Waals surface area contributed by atoms with Crippen LogP contribution in [0, 0.1) is 11.3 Å². The summed E-state index contributed by atoms with van der Waals surface area (Å²) < 4.78 is 0. The molecule has 0 atom stereocenters. The van der Waals surface area contributed by atoms with Gasteiger partial charge in [-0.1, -0.05) is 46.5 Å². The van der Waals surface area contributed by atoms with Gasteiger partial charge in [-0.2, -0.15) is 0 Å². The Hall–Kier alpha value is -0.0800. The van der Waals surface area contributed by atoms with Gasteiger partial charge in [-0.15, -0.1) is 0 Å². The number of nitrogens with one attached hydrogen (secondary N) is 1. The summed E-state index contributed by atoms with van der Waals surface area (Å²) in [5.41, 5.74) is 0.557. The summed E-state index contributed by atoms with van der Waals surface area (Å²) in [7, 11) is 0. The van der Waals surface area contributed by atoms with Crippen molar-refractivity contribution in [3.63, 3.8) is 0 Å². The molecule has 1 saturated heterocycles. The van der Waals surface area contributed by atoms with Crippen molar-refractivity contribution in [2.75, 3.05) is 26.2 Å². The maximum absolute atomic E-state index is 3.75. The third-order valence-corrected chi connectivity index (χ3v) is 5.48. The first-order valence-corrected chi connectivity index (χ1v) is 9.05. The second-order valence-corrected chi connectivity index (χ2v) is 7.91. The molecule has 0 aromatic carbocycles. The lowest BCUT2D eigenvalue weighted by Gasteiger charge is -2.43. The Kier molecular flexibility index (Phi) is 6.35.